The minimum absolute atomic E-state index is 0.220. The number of hydrogen-bond acceptors (Lipinski definition) is 3. The van der Waals surface area contributed by atoms with E-state index in [1.165, 1.54) is 0 Å². The Bertz CT molecular complexity index is 528. The molecule has 0 aromatic heterocycles. The molecule has 1 fully saturated rings. The summed E-state index contributed by atoms with van der Waals surface area (Å²) in [6.07, 6.45) is 1.29. The van der Waals surface area contributed by atoms with Crippen LogP contribution in [0.3, 0.4) is 0 Å². The predicted molar refractivity (Wildman–Crippen MR) is 64.8 cm³/mol. The van der Waals surface area contributed by atoms with Crippen molar-refractivity contribution < 1.29 is 17.2 Å². The molecule has 7 heteroatoms. The summed E-state index contributed by atoms with van der Waals surface area (Å²) in [6.45, 7) is 1.13. The van der Waals surface area contributed by atoms with Gasteiger partial charge in [-0.3, -0.25) is 4.72 Å². The molecular weight excluding hydrogens is 262 g/mol. The number of halogens is 2. The first-order chi connectivity index (χ1) is 8.49. The van der Waals surface area contributed by atoms with Gasteiger partial charge in [0, 0.05) is 12.6 Å². The molecule has 2 N–H and O–H groups in total. The third kappa shape index (κ3) is 2.97. The monoisotopic (exact) mass is 276 g/mol. The standard InChI is InChI=1S/C11H14F2N2O2S/c12-8-3-4-11(10(13)6-8)15-18(16,17)9-2-1-5-14-7-9/h3-4,6,9,14-15H,1-2,5,7H2. The van der Waals surface area contributed by atoms with Crippen LogP contribution in [-0.4, -0.2) is 26.8 Å². The Morgan fingerprint density at radius 2 is 2.11 bits per heavy atom. The SMILES string of the molecule is O=S(=O)(Nc1ccc(F)cc1F)C1CCCNC1. The highest BCUT2D eigenvalue weighted by Gasteiger charge is 2.27. The molecule has 4 nitrogen and oxygen atoms in total. The first-order valence-electron chi connectivity index (χ1n) is 5.66. The number of nitrogens with one attached hydrogen (secondary N) is 2. The third-order valence-electron chi connectivity index (χ3n) is 2.87. The van der Waals surface area contributed by atoms with E-state index in [2.05, 4.69) is 10.0 Å². The number of sulfonamides is 1. The van der Waals surface area contributed by atoms with Crippen LogP contribution in [0.1, 0.15) is 12.8 Å². The maximum Gasteiger partial charge on any atom is 0.236 e. The van der Waals surface area contributed by atoms with Gasteiger partial charge in [-0.15, -0.1) is 0 Å². The molecule has 0 spiro atoms. The van der Waals surface area contributed by atoms with Crippen LogP contribution in [-0.2, 0) is 10.0 Å². The molecule has 1 atom stereocenters. The molecule has 0 radical (unpaired) electrons. The van der Waals surface area contributed by atoms with Gasteiger partial charge in [0.15, 0.2) is 0 Å². The van der Waals surface area contributed by atoms with E-state index >= 15 is 0 Å². The first-order valence-corrected chi connectivity index (χ1v) is 7.21. The summed E-state index contributed by atoms with van der Waals surface area (Å²) < 4.78 is 52.2. The van der Waals surface area contributed by atoms with Crippen LogP contribution in [0.4, 0.5) is 14.5 Å². The lowest BCUT2D eigenvalue weighted by atomic mass is 10.2. The lowest BCUT2D eigenvalue weighted by Gasteiger charge is -2.23. The van der Waals surface area contributed by atoms with Crippen molar-refractivity contribution in [2.45, 2.75) is 18.1 Å². The fourth-order valence-corrected chi connectivity index (χ4v) is 3.35. The molecule has 0 bridgehead atoms. The summed E-state index contributed by atoms with van der Waals surface area (Å²) in [4.78, 5) is 0. The zero-order valence-electron chi connectivity index (χ0n) is 9.62. The predicted octanol–water partition coefficient (Wildman–Crippen LogP) is 1.46. The molecule has 0 aliphatic carbocycles. The molecule has 1 saturated heterocycles. The molecule has 1 aliphatic heterocycles. The molecular formula is C11H14F2N2O2S. The van der Waals surface area contributed by atoms with Gasteiger partial charge in [0.25, 0.3) is 0 Å². The normalized spacial score (nSPS) is 20.7. The maximum atomic E-state index is 13.4. The third-order valence-corrected chi connectivity index (χ3v) is 4.66. The van der Waals surface area contributed by atoms with Gasteiger partial charge in [-0.1, -0.05) is 0 Å². The van der Waals surface area contributed by atoms with Crippen molar-refractivity contribution in [1.29, 1.82) is 0 Å². The van der Waals surface area contributed by atoms with Crippen molar-refractivity contribution in [3.8, 4) is 0 Å². The van der Waals surface area contributed by atoms with Crippen LogP contribution >= 0.6 is 0 Å². The Labute approximate surface area is 104 Å². The van der Waals surface area contributed by atoms with E-state index in [0.29, 0.717) is 19.0 Å². The van der Waals surface area contributed by atoms with Crippen LogP contribution < -0.4 is 10.0 Å². The van der Waals surface area contributed by atoms with E-state index in [-0.39, 0.29) is 5.69 Å². The summed E-state index contributed by atoms with van der Waals surface area (Å²) in [5.74, 6) is -1.66. The smallest absolute Gasteiger partial charge is 0.236 e. The summed E-state index contributed by atoms with van der Waals surface area (Å²) in [6, 6.07) is 2.75. The minimum atomic E-state index is -3.65. The first kappa shape index (κ1) is 13.2. The maximum absolute atomic E-state index is 13.4. The summed E-state index contributed by atoms with van der Waals surface area (Å²) >= 11 is 0. The van der Waals surface area contributed by atoms with Gasteiger partial charge in [-0.25, -0.2) is 17.2 Å². The summed E-state index contributed by atoms with van der Waals surface area (Å²) in [5, 5.41) is 2.39. The Morgan fingerprint density at radius 3 is 2.72 bits per heavy atom. The van der Waals surface area contributed by atoms with Crippen molar-refractivity contribution >= 4 is 15.7 Å². The van der Waals surface area contributed by atoms with Gasteiger partial charge in [0.1, 0.15) is 11.6 Å². The largest absolute Gasteiger partial charge is 0.315 e. The van der Waals surface area contributed by atoms with Crippen LogP contribution in [0.2, 0.25) is 0 Å². The van der Waals surface area contributed by atoms with Crippen molar-refractivity contribution in [1.82, 2.24) is 5.32 Å². The Kier molecular flexibility index (Phi) is 3.82. The second-order valence-corrected chi connectivity index (χ2v) is 6.20. The Balaban J connectivity index is 2.16. The molecule has 0 saturated carbocycles. The van der Waals surface area contributed by atoms with Crippen LogP contribution in [0.15, 0.2) is 18.2 Å². The lowest BCUT2D eigenvalue weighted by molar-refractivity contribution is 0.499. The highest BCUT2D eigenvalue weighted by Crippen LogP contribution is 2.20. The minimum Gasteiger partial charge on any atom is -0.315 e. The zero-order valence-corrected chi connectivity index (χ0v) is 10.4. The molecule has 1 heterocycles. The van der Waals surface area contributed by atoms with Gasteiger partial charge in [0.2, 0.25) is 10.0 Å². The van der Waals surface area contributed by atoms with E-state index < -0.39 is 26.9 Å². The summed E-state index contributed by atoms with van der Waals surface area (Å²) in [5.41, 5.74) is -0.220. The van der Waals surface area contributed by atoms with Crippen molar-refractivity contribution in [2.24, 2.45) is 0 Å². The fraction of sp³-hybridized carbons (Fsp3) is 0.455. The quantitative estimate of drug-likeness (QED) is 0.878. The van der Waals surface area contributed by atoms with E-state index in [1.807, 2.05) is 0 Å². The van der Waals surface area contributed by atoms with Gasteiger partial charge in [0.05, 0.1) is 10.9 Å². The van der Waals surface area contributed by atoms with Crippen LogP contribution in [0.25, 0.3) is 0 Å². The van der Waals surface area contributed by atoms with E-state index in [9.17, 15) is 17.2 Å². The van der Waals surface area contributed by atoms with Gasteiger partial charge in [-0.2, -0.15) is 0 Å². The molecule has 1 aliphatic rings. The topological polar surface area (TPSA) is 58.2 Å². The number of rotatable bonds is 3. The zero-order chi connectivity index (χ0) is 13.2. The Hall–Kier alpha value is -1.21. The van der Waals surface area contributed by atoms with Crippen LogP contribution in [0, 0.1) is 11.6 Å². The average Bonchev–Trinajstić information content (AvgIpc) is 2.34. The molecule has 1 aromatic rings. The second kappa shape index (κ2) is 5.19. The highest BCUT2D eigenvalue weighted by molar-refractivity contribution is 7.93. The molecule has 1 unspecified atom stereocenters. The lowest BCUT2D eigenvalue weighted by Crippen LogP contribution is -2.41. The van der Waals surface area contributed by atoms with E-state index in [4.69, 9.17) is 0 Å². The van der Waals surface area contributed by atoms with Gasteiger partial charge >= 0.3 is 0 Å². The van der Waals surface area contributed by atoms with Crippen molar-refractivity contribution in [3.05, 3.63) is 29.8 Å². The molecule has 0 amide bonds. The summed E-state index contributed by atoms with van der Waals surface area (Å²) in [7, 11) is -3.65. The highest BCUT2D eigenvalue weighted by atomic mass is 32.2. The number of piperidine rings is 1. The second-order valence-electron chi connectivity index (χ2n) is 4.24. The molecule has 1 aromatic carbocycles. The average molecular weight is 276 g/mol. The van der Waals surface area contributed by atoms with Gasteiger partial charge in [-0.05, 0) is 31.5 Å². The van der Waals surface area contributed by atoms with Crippen molar-refractivity contribution in [3.63, 3.8) is 0 Å². The Morgan fingerprint density at radius 1 is 1.33 bits per heavy atom. The van der Waals surface area contributed by atoms with Gasteiger partial charge < -0.3 is 5.32 Å². The van der Waals surface area contributed by atoms with Crippen LogP contribution in [0.5, 0.6) is 0 Å². The molecule has 2 rings (SSSR count). The van der Waals surface area contributed by atoms with Crippen molar-refractivity contribution in [2.75, 3.05) is 17.8 Å². The number of anilines is 1. The number of benzene rings is 1. The fourth-order valence-electron chi connectivity index (χ4n) is 1.89. The van der Waals surface area contributed by atoms with E-state index in [0.717, 1.165) is 25.1 Å². The molecule has 100 valence electrons. The van der Waals surface area contributed by atoms with E-state index in [1.54, 1.807) is 0 Å². The molecule has 18 heavy (non-hydrogen) atoms. The number of hydrogen-bond donors (Lipinski definition) is 2.